The number of nitrogens with two attached hydrogens (primary N) is 1. The SMILES string of the molecule is N[C@H](Cc1ccccc1)C(=O)NCCOCC(F)F. The topological polar surface area (TPSA) is 64.4 Å². The Hall–Kier alpha value is -1.53. The lowest BCUT2D eigenvalue weighted by atomic mass is 10.1. The number of hydrogen-bond donors (Lipinski definition) is 2. The van der Waals surface area contributed by atoms with Crippen LogP contribution >= 0.6 is 0 Å². The van der Waals surface area contributed by atoms with Crippen molar-refractivity contribution in [2.45, 2.75) is 18.9 Å². The van der Waals surface area contributed by atoms with E-state index in [2.05, 4.69) is 10.1 Å². The maximum absolute atomic E-state index is 11.8. The molecule has 0 radical (unpaired) electrons. The first-order chi connectivity index (χ1) is 9.09. The zero-order valence-electron chi connectivity index (χ0n) is 10.5. The van der Waals surface area contributed by atoms with E-state index in [1.807, 2.05) is 30.3 Å². The molecule has 1 rings (SSSR count). The molecule has 1 amide bonds. The van der Waals surface area contributed by atoms with Gasteiger partial charge in [-0.1, -0.05) is 30.3 Å². The highest BCUT2D eigenvalue weighted by Crippen LogP contribution is 2.01. The Morgan fingerprint density at radius 3 is 2.63 bits per heavy atom. The summed E-state index contributed by atoms with van der Waals surface area (Å²) in [5.74, 6) is -0.315. The maximum Gasteiger partial charge on any atom is 0.261 e. The van der Waals surface area contributed by atoms with Gasteiger partial charge in [-0.05, 0) is 12.0 Å². The van der Waals surface area contributed by atoms with Gasteiger partial charge in [-0.2, -0.15) is 0 Å². The third-order valence-electron chi connectivity index (χ3n) is 2.42. The number of carbonyl (C=O) groups is 1. The highest BCUT2D eigenvalue weighted by atomic mass is 19.3. The van der Waals surface area contributed by atoms with Gasteiger partial charge < -0.3 is 15.8 Å². The van der Waals surface area contributed by atoms with E-state index in [4.69, 9.17) is 5.73 Å². The van der Waals surface area contributed by atoms with Crippen molar-refractivity contribution in [3.8, 4) is 0 Å². The molecule has 0 saturated heterocycles. The van der Waals surface area contributed by atoms with Crippen molar-refractivity contribution in [3.05, 3.63) is 35.9 Å². The summed E-state index contributed by atoms with van der Waals surface area (Å²) in [5.41, 5.74) is 6.71. The first kappa shape index (κ1) is 15.5. The molecule has 0 aliphatic heterocycles. The zero-order chi connectivity index (χ0) is 14.1. The average Bonchev–Trinajstić information content (AvgIpc) is 2.38. The molecule has 1 aromatic rings. The summed E-state index contributed by atoms with van der Waals surface area (Å²) in [6, 6.07) is 8.75. The van der Waals surface area contributed by atoms with Crippen LogP contribution in [0.4, 0.5) is 8.78 Å². The van der Waals surface area contributed by atoms with Gasteiger partial charge in [0.25, 0.3) is 6.43 Å². The van der Waals surface area contributed by atoms with E-state index < -0.39 is 19.1 Å². The second-order valence-electron chi connectivity index (χ2n) is 4.05. The predicted octanol–water partition coefficient (Wildman–Crippen LogP) is 0.954. The number of carbonyl (C=O) groups excluding carboxylic acids is 1. The van der Waals surface area contributed by atoms with Crippen LogP contribution in [0.25, 0.3) is 0 Å². The third-order valence-corrected chi connectivity index (χ3v) is 2.42. The molecule has 0 saturated carbocycles. The molecule has 0 unspecified atom stereocenters. The van der Waals surface area contributed by atoms with Crippen LogP contribution in [0.15, 0.2) is 30.3 Å². The molecule has 1 atom stereocenters. The Kier molecular flexibility index (Phi) is 6.99. The molecular formula is C13H18F2N2O2. The summed E-state index contributed by atoms with van der Waals surface area (Å²) in [5, 5.41) is 2.54. The lowest BCUT2D eigenvalue weighted by Crippen LogP contribution is -2.43. The molecule has 4 nitrogen and oxygen atoms in total. The monoisotopic (exact) mass is 272 g/mol. The molecule has 0 aliphatic carbocycles. The minimum Gasteiger partial charge on any atom is -0.374 e. The minimum atomic E-state index is -2.49. The van der Waals surface area contributed by atoms with Crippen molar-refractivity contribution in [3.63, 3.8) is 0 Å². The van der Waals surface area contributed by atoms with E-state index >= 15 is 0 Å². The normalized spacial score (nSPS) is 12.4. The lowest BCUT2D eigenvalue weighted by molar-refractivity contribution is -0.122. The van der Waals surface area contributed by atoms with Crippen LogP contribution < -0.4 is 11.1 Å². The molecule has 0 heterocycles. The summed E-state index contributed by atoms with van der Waals surface area (Å²) in [6.07, 6.45) is -2.05. The van der Waals surface area contributed by atoms with Gasteiger partial charge in [-0.25, -0.2) is 8.78 Å². The summed E-state index contributed by atoms with van der Waals surface area (Å²) in [4.78, 5) is 11.6. The molecule has 106 valence electrons. The quantitative estimate of drug-likeness (QED) is 0.693. The van der Waals surface area contributed by atoms with E-state index in [-0.39, 0.29) is 19.1 Å². The maximum atomic E-state index is 11.8. The summed E-state index contributed by atoms with van der Waals surface area (Å²) in [7, 11) is 0. The number of rotatable bonds is 8. The predicted molar refractivity (Wildman–Crippen MR) is 68.0 cm³/mol. The van der Waals surface area contributed by atoms with E-state index in [0.29, 0.717) is 6.42 Å². The molecule has 0 aromatic heterocycles. The fourth-order valence-corrected chi connectivity index (χ4v) is 1.51. The highest BCUT2D eigenvalue weighted by molar-refractivity contribution is 5.81. The zero-order valence-corrected chi connectivity index (χ0v) is 10.5. The van der Waals surface area contributed by atoms with Crippen LogP contribution in [0.1, 0.15) is 5.56 Å². The fraction of sp³-hybridized carbons (Fsp3) is 0.462. The van der Waals surface area contributed by atoms with Crippen molar-refractivity contribution in [2.24, 2.45) is 5.73 Å². The molecule has 19 heavy (non-hydrogen) atoms. The average molecular weight is 272 g/mol. The number of halogens is 2. The van der Waals surface area contributed by atoms with Crippen LogP contribution in [0.2, 0.25) is 0 Å². The fourth-order valence-electron chi connectivity index (χ4n) is 1.51. The molecule has 0 aliphatic rings. The molecule has 0 bridgehead atoms. The summed E-state index contributed by atoms with van der Waals surface area (Å²) < 4.78 is 28.2. The number of nitrogens with one attached hydrogen (secondary N) is 1. The van der Waals surface area contributed by atoms with Crippen molar-refractivity contribution in [1.29, 1.82) is 0 Å². The summed E-state index contributed by atoms with van der Waals surface area (Å²) >= 11 is 0. The number of amides is 1. The lowest BCUT2D eigenvalue weighted by Gasteiger charge is -2.12. The van der Waals surface area contributed by atoms with Crippen LogP contribution in [0, 0.1) is 0 Å². The van der Waals surface area contributed by atoms with Crippen molar-refractivity contribution < 1.29 is 18.3 Å². The number of alkyl halides is 2. The number of hydrogen-bond acceptors (Lipinski definition) is 3. The van der Waals surface area contributed by atoms with Gasteiger partial charge in [0.15, 0.2) is 0 Å². The Morgan fingerprint density at radius 1 is 1.32 bits per heavy atom. The Labute approximate surface area is 110 Å². The van der Waals surface area contributed by atoms with Crippen LogP contribution in [0.5, 0.6) is 0 Å². The third kappa shape index (κ3) is 6.83. The highest BCUT2D eigenvalue weighted by Gasteiger charge is 2.13. The van der Waals surface area contributed by atoms with Gasteiger partial charge >= 0.3 is 0 Å². The minimum absolute atomic E-state index is 0.0497. The molecule has 1 aromatic carbocycles. The standard InChI is InChI=1S/C13H18F2N2O2/c14-12(15)9-19-7-6-17-13(18)11(16)8-10-4-2-1-3-5-10/h1-5,11-12H,6-9,16H2,(H,17,18)/t11-/m1/s1. The Balaban J connectivity index is 2.18. The Bertz CT molecular complexity index is 374. The second kappa shape index (κ2) is 8.55. The molecule has 6 heteroatoms. The first-order valence-electron chi connectivity index (χ1n) is 6.02. The van der Waals surface area contributed by atoms with Crippen LogP contribution in [-0.4, -0.2) is 38.1 Å². The van der Waals surface area contributed by atoms with Crippen molar-refractivity contribution in [2.75, 3.05) is 19.8 Å². The first-order valence-corrected chi connectivity index (χ1v) is 6.02. The molecular weight excluding hydrogens is 254 g/mol. The summed E-state index contributed by atoms with van der Waals surface area (Å²) in [6.45, 7) is -0.395. The van der Waals surface area contributed by atoms with Crippen molar-refractivity contribution >= 4 is 5.91 Å². The van der Waals surface area contributed by atoms with Gasteiger partial charge in [0, 0.05) is 6.54 Å². The molecule has 0 fully saturated rings. The van der Waals surface area contributed by atoms with E-state index in [1.165, 1.54) is 0 Å². The van der Waals surface area contributed by atoms with Gasteiger partial charge in [-0.3, -0.25) is 4.79 Å². The second-order valence-corrected chi connectivity index (χ2v) is 4.05. The van der Waals surface area contributed by atoms with Crippen molar-refractivity contribution in [1.82, 2.24) is 5.32 Å². The van der Waals surface area contributed by atoms with Gasteiger partial charge in [0.2, 0.25) is 5.91 Å². The molecule has 3 N–H and O–H groups in total. The van der Waals surface area contributed by atoms with Crippen LogP contribution in [-0.2, 0) is 16.0 Å². The number of benzene rings is 1. The van der Waals surface area contributed by atoms with E-state index in [9.17, 15) is 13.6 Å². The van der Waals surface area contributed by atoms with Crippen LogP contribution in [0.3, 0.4) is 0 Å². The van der Waals surface area contributed by atoms with Gasteiger partial charge in [0.1, 0.15) is 6.61 Å². The molecule has 0 spiro atoms. The largest absolute Gasteiger partial charge is 0.374 e. The van der Waals surface area contributed by atoms with Gasteiger partial charge in [-0.15, -0.1) is 0 Å². The number of ether oxygens (including phenoxy) is 1. The van der Waals surface area contributed by atoms with Gasteiger partial charge in [0.05, 0.1) is 12.6 Å². The smallest absolute Gasteiger partial charge is 0.261 e. The Morgan fingerprint density at radius 2 is 2.00 bits per heavy atom. The van der Waals surface area contributed by atoms with E-state index in [1.54, 1.807) is 0 Å². The van der Waals surface area contributed by atoms with E-state index in [0.717, 1.165) is 5.56 Å².